The number of amides is 2. The van der Waals surface area contributed by atoms with Gasteiger partial charge in [-0.3, -0.25) is 9.59 Å². The van der Waals surface area contributed by atoms with Gasteiger partial charge in [-0.05, 0) is 17.7 Å². The topological polar surface area (TPSA) is 76.7 Å². The molecule has 2 aliphatic heterocycles. The number of hydrogen-bond donors (Lipinski definition) is 2. The van der Waals surface area contributed by atoms with Crippen molar-refractivity contribution in [3.63, 3.8) is 0 Å². The van der Waals surface area contributed by atoms with Crippen LogP contribution in [0.1, 0.15) is 41.9 Å². The van der Waals surface area contributed by atoms with Crippen molar-refractivity contribution in [1.29, 1.82) is 0 Å². The molecular weight excluding hydrogens is 387 g/mol. The minimum Gasteiger partial charge on any atom is -0.486 e. The van der Waals surface area contributed by atoms with Crippen LogP contribution in [0.4, 0.5) is 4.39 Å². The summed E-state index contributed by atoms with van der Waals surface area (Å²) >= 11 is 0. The van der Waals surface area contributed by atoms with Gasteiger partial charge < -0.3 is 20.1 Å². The molecule has 3 aliphatic rings. The smallest absolute Gasteiger partial charge is 0.254 e. The van der Waals surface area contributed by atoms with Gasteiger partial charge in [0, 0.05) is 40.1 Å². The van der Waals surface area contributed by atoms with E-state index in [1.807, 2.05) is 35.6 Å². The lowest BCUT2D eigenvalue weighted by Gasteiger charge is -2.16. The van der Waals surface area contributed by atoms with Crippen molar-refractivity contribution < 1.29 is 27.6 Å². The van der Waals surface area contributed by atoms with Gasteiger partial charge >= 0.3 is 0 Å². The average Bonchev–Trinajstić information content (AvgIpc) is 3.12. The molecule has 2 aromatic carbocycles. The molecule has 1 saturated carbocycles. The molecule has 6 nitrogen and oxygen atoms in total. The van der Waals surface area contributed by atoms with Gasteiger partial charge in [0.15, 0.2) is 0 Å². The number of benzene rings is 2. The predicted octanol–water partition coefficient (Wildman–Crippen LogP) is 2.28. The Labute approximate surface area is 178 Å². The minimum absolute atomic E-state index is 0.0129. The molecule has 2 N–H and O–H groups in total. The molecule has 2 aromatic rings. The van der Waals surface area contributed by atoms with Crippen LogP contribution in [0.25, 0.3) is 0 Å². The van der Waals surface area contributed by atoms with E-state index in [0.717, 1.165) is 5.56 Å². The van der Waals surface area contributed by atoms with Crippen molar-refractivity contribution in [1.82, 2.24) is 10.6 Å². The molecular formula is C23H23FN2O4. The van der Waals surface area contributed by atoms with Crippen LogP contribution in [0.5, 0.6) is 5.75 Å². The molecule has 2 heterocycles. The summed E-state index contributed by atoms with van der Waals surface area (Å²) < 4.78 is 47.3. The maximum atomic E-state index is 14.0. The third-order valence-corrected chi connectivity index (χ3v) is 6.27. The van der Waals surface area contributed by atoms with Gasteiger partial charge in [-0.15, -0.1) is 0 Å². The number of nitrogens with one attached hydrogen (secondary N) is 2. The second-order valence-corrected chi connectivity index (χ2v) is 7.96. The zero-order chi connectivity index (χ0) is 23.3. The average molecular weight is 413 g/mol. The van der Waals surface area contributed by atoms with Crippen LogP contribution in [-0.2, 0) is 4.74 Å². The first kappa shape index (κ1) is 15.8. The summed E-state index contributed by atoms with van der Waals surface area (Å²) in [5.41, 5.74) is 1.34. The fourth-order valence-corrected chi connectivity index (χ4v) is 4.66. The van der Waals surface area contributed by atoms with E-state index in [0.29, 0.717) is 18.8 Å². The Bertz CT molecular complexity index is 1090. The summed E-state index contributed by atoms with van der Waals surface area (Å²) in [5.74, 6) is -1.16. The summed E-state index contributed by atoms with van der Waals surface area (Å²) in [6.07, 6.45) is -0.903. The lowest BCUT2D eigenvalue weighted by Crippen LogP contribution is -2.30. The van der Waals surface area contributed by atoms with Crippen LogP contribution in [0, 0.1) is 11.8 Å². The molecule has 5 atom stereocenters. The molecule has 1 aliphatic carbocycles. The zero-order valence-electron chi connectivity index (χ0n) is 19.1. The van der Waals surface area contributed by atoms with Gasteiger partial charge in [-0.25, -0.2) is 4.39 Å². The second kappa shape index (κ2) is 7.40. The van der Waals surface area contributed by atoms with E-state index >= 15 is 0 Å². The second-order valence-electron chi connectivity index (χ2n) is 7.96. The highest BCUT2D eigenvalue weighted by Gasteiger charge is 2.54. The van der Waals surface area contributed by atoms with Crippen LogP contribution < -0.4 is 15.4 Å². The van der Waals surface area contributed by atoms with Crippen molar-refractivity contribution in [2.75, 3.05) is 26.9 Å². The highest BCUT2D eigenvalue weighted by Crippen LogP contribution is 2.46. The maximum absolute atomic E-state index is 14.0. The van der Waals surface area contributed by atoms with Crippen LogP contribution in [0.15, 0.2) is 42.5 Å². The van der Waals surface area contributed by atoms with Gasteiger partial charge in [-0.1, -0.05) is 30.3 Å². The normalized spacial score (nSPS) is 30.2. The van der Waals surface area contributed by atoms with Crippen molar-refractivity contribution >= 4 is 11.8 Å². The van der Waals surface area contributed by atoms with Crippen molar-refractivity contribution in [2.45, 2.75) is 18.1 Å². The van der Waals surface area contributed by atoms with E-state index in [2.05, 4.69) is 5.32 Å². The Kier molecular flexibility index (Phi) is 3.91. The standard InChI is InChI=1S/C23H23FN2O4/c1-25-23(28)15-8-13(22(27)26-20-16-10-29-11-17(16)20)7-14-19(12-5-3-2-4-6-12)18(9-24)30-21(14)15/h2-8,16-20H,9-11H2,1H3,(H,25,28)(H,26,27)/t16-,17+,18-,19+,20?/m1/s1/i1D3. The SMILES string of the molecule is [2H]C([2H])([2H])NC(=O)c1cc(C(=O)NC2[C@H]3COC[C@@H]23)cc2c1O[C@H](CF)[C@H]2c1ccccc1. The van der Waals surface area contributed by atoms with E-state index in [4.69, 9.17) is 13.6 Å². The van der Waals surface area contributed by atoms with Crippen LogP contribution in [0.3, 0.4) is 0 Å². The Balaban J connectivity index is 1.55. The molecule has 5 rings (SSSR count). The minimum atomic E-state index is -2.73. The Hall–Kier alpha value is -2.93. The summed E-state index contributed by atoms with van der Waals surface area (Å²) in [4.78, 5) is 25.9. The first-order chi connectivity index (χ1) is 15.8. The number of carbonyl (C=O) groups is 2. The third kappa shape index (κ3) is 3.04. The van der Waals surface area contributed by atoms with Crippen LogP contribution >= 0.6 is 0 Å². The number of carbonyl (C=O) groups excluding carboxylic acids is 2. The van der Waals surface area contributed by atoms with E-state index < -0.39 is 31.6 Å². The third-order valence-electron chi connectivity index (χ3n) is 6.27. The largest absolute Gasteiger partial charge is 0.486 e. The lowest BCUT2D eigenvalue weighted by molar-refractivity contribution is 0.0929. The number of alkyl halides is 1. The van der Waals surface area contributed by atoms with Gasteiger partial charge in [0.2, 0.25) is 0 Å². The van der Waals surface area contributed by atoms with Crippen molar-refractivity contribution in [3.8, 4) is 5.75 Å². The highest BCUT2D eigenvalue weighted by atomic mass is 19.1. The van der Waals surface area contributed by atoms with Gasteiger partial charge in [-0.2, -0.15) is 0 Å². The molecule has 156 valence electrons. The molecule has 2 fully saturated rings. The lowest BCUT2D eigenvalue weighted by atomic mass is 9.86. The number of halogens is 1. The Morgan fingerprint density at radius 1 is 1.17 bits per heavy atom. The van der Waals surface area contributed by atoms with Crippen molar-refractivity contribution in [2.24, 2.45) is 11.8 Å². The van der Waals surface area contributed by atoms with Crippen LogP contribution in [0.2, 0.25) is 0 Å². The molecule has 0 spiro atoms. The molecule has 0 bridgehead atoms. The fraction of sp³-hybridized carbons (Fsp3) is 0.391. The van der Waals surface area contributed by atoms with Gasteiger partial charge in [0.05, 0.1) is 24.7 Å². The number of ether oxygens (including phenoxy) is 2. The van der Waals surface area contributed by atoms with E-state index in [1.54, 1.807) is 6.07 Å². The van der Waals surface area contributed by atoms with E-state index in [9.17, 15) is 14.0 Å². The zero-order valence-corrected chi connectivity index (χ0v) is 16.1. The molecule has 2 amide bonds. The quantitative estimate of drug-likeness (QED) is 0.789. The van der Waals surface area contributed by atoms with Crippen LogP contribution in [-0.4, -0.2) is 50.8 Å². The van der Waals surface area contributed by atoms with Gasteiger partial charge in [0.1, 0.15) is 18.5 Å². The molecule has 0 aromatic heterocycles. The number of rotatable bonds is 5. The summed E-state index contributed by atoms with van der Waals surface area (Å²) in [6, 6.07) is 12.0. The first-order valence-electron chi connectivity index (χ1n) is 11.4. The highest BCUT2D eigenvalue weighted by molar-refractivity contribution is 6.02. The molecule has 1 unspecified atom stereocenters. The summed E-state index contributed by atoms with van der Waals surface area (Å²) in [6.45, 7) is -2.34. The number of hydrogen-bond acceptors (Lipinski definition) is 4. The maximum Gasteiger partial charge on any atom is 0.254 e. The van der Waals surface area contributed by atoms with E-state index in [1.165, 1.54) is 6.07 Å². The molecule has 7 heteroatoms. The predicted molar refractivity (Wildman–Crippen MR) is 108 cm³/mol. The fourth-order valence-electron chi connectivity index (χ4n) is 4.66. The molecule has 0 radical (unpaired) electrons. The Morgan fingerprint density at radius 3 is 2.63 bits per heavy atom. The first-order valence-corrected chi connectivity index (χ1v) is 9.93. The number of fused-ring (bicyclic) bond motifs is 2. The van der Waals surface area contributed by atoms with Crippen molar-refractivity contribution in [3.05, 3.63) is 64.7 Å². The molecule has 30 heavy (non-hydrogen) atoms. The van der Waals surface area contributed by atoms with Gasteiger partial charge in [0.25, 0.3) is 11.8 Å². The van der Waals surface area contributed by atoms with E-state index in [-0.39, 0.29) is 40.7 Å². The monoisotopic (exact) mass is 413 g/mol. The Morgan fingerprint density at radius 2 is 1.93 bits per heavy atom. The molecule has 1 saturated heterocycles. The summed E-state index contributed by atoms with van der Waals surface area (Å²) in [5, 5.41) is 4.92. The summed E-state index contributed by atoms with van der Waals surface area (Å²) in [7, 11) is 0.